The minimum Gasteiger partial charge on any atom is -0.327 e. The fourth-order valence-electron chi connectivity index (χ4n) is 3.01. The molecule has 0 bridgehead atoms. The van der Waals surface area contributed by atoms with Crippen molar-refractivity contribution >= 4 is 23.3 Å². The molecular formula is C19H15F3N4O4. The standard InChI is InChI=1S/C19H15F3N4O4/c1-10-15(17(27)24-13-3-2-4-14(9-13)26(29)30)16(25-18(28)23-10)11-5-7-12(8-6-11)19(20,21)22/h2-9,16H,1H3,(H,24,27)(H2,23,25,28)/t16-/m1/s1. The van der Waals surface area contributed by atoms with Gasteiger partial charge in [0.05, 0.1) is 22.1 Å². The predicted octanol–water partition coefficient (Wildman–Crippen LogP) is 3.88. The third kappa shape index (κ3) is 4.40. The SMILES string of the molecule is CC1=C(C(=O)Nc2cccc([N+](=O)[O-])c2)[C@@H](c2ccc(C(F)(F)F)cc2)NC(=O)N1. The van der Waals surface area contributed by atoms with Crippen LogP contribution in [-0.4, -0.2) is 16.9 Å². The van der Waals surface area contributed by atoms with E-state index in [1.807, 2.05) is 0 Å². The van der Waals surface area contributed by atoms with Crippen LogP contribution in [-0.2, 0) is 11.0 Å². The van der Waals surface area contributed by atoms with E-state index in [-0.39, 0.29) is 28.2 Å². The Morgan fingerprint density at radius 2 is 1.83 bits per heavy atom. The van der Waals surface area contributed by atoms with Gasteiger partial charge in [-0.3, -0.25) is 14.9 Å². The Kier molecular flexibility index (Phi) is 5.45. The minimum absolute atomic E-state index is 0.0564. The average molecular weight is 420 g/mol. The number of nitrogens with one attached hydrogen (secondary N) is 3. The number of alkyl halides is 3. The van der Waals surface area contributed by atoms with Crippen molar-refractivity contribution in [2.75, 3.05) is 5.32 Å². The van der Waals surface area contributed by atoms with E-state index in [0.29, 0.717) is 0 Å². The molecule has 3 amide bonds. The van der Waals surface area contributed by atoms with Crippen LogP contribution in [0.25, 0.3) is 0 Å². The molecular weight excluding hydrogens is 405 g/mol. The van der Waals surface area contributed by atoms with Gasteiger partial charge in [0.1, 0.15) is 0 Å². The molecule has 1 aliphatic rings. The van der Waals surface area contributed by atoms with E-state index in [1.165, 1.54) is 37.3 Å². The highest BCUT2D eigenvalue weighted by Crippen LogP contribution is 2.32. The van der Waals surface area contributed by atoms with Crippen molar-refractivity contribution in [2.45, 2.75) is 19.1 Å². The van der Waals surface area contributed by atoms with Crippen LogP contribution in [0.15, 0.2) is 59.8 Å². The summed E-state index contributed by atoms with van der Waals surface area (Å²) < 4.78 is 38.5. The zero-order valence-corrected chi connectivity index (χ0v) is 15.4. The summed E-state index contributed by atoms with van der Waals surface area (Å²) in [6, 6.07) is 7.68. The van der Waals surface area contributed by atoms with Crippen LogP contribution in [0.1, 0.15) is 24.1 Å². The lowest BCUT2D eigenvalue weighted by atomic mass is 9.94. The number of hydrogen-bond donors (Lipinski definition) is 3. The predicted molar refractivity (Wildman–Crippen MR) is 100 cm³/mol. The smallest absolute Gasteiger partial charge is 0.327 e. The molecule has 0 aromatic heterocycles. The Bertz CT molecular complexity index is 1050. The summed E-state index contributed by atoms with van der Waals surface area (Å²) >= 11 is 0. The number of carbonyl (C=O) groups is 2. The summed E-state index contributed by atoms with van der Waals surface area (Å²) in [6.45, 7) is 1.47. The number of nitrogens with zero attached hydrogens (tertiary/aromatic N) is 1. The molecule has 0 aliphatic carbocycles. The molecule has 3 N–H and O–H groups in total. The van der Waals surface area contributed by atoms with Crippen molar-refractivity contribution in [2.24, 2.45) is 0 Å². The van der Waals surface area contributed by atoms with Crippen LogP contribution >= 0.6 is 0 Å². The number of carbonyl (C=O) groups excluding carboxylic acids is 2. The molecule has 0 saturated heterocycles. The van der Waals surface area contributed by atoms with Crippen molar-refractivity contribution in [3.05, 3.63) is 81.0 Å². The molecule has 30 heavy (non-hydrogen) atoms. The van der Waals surface area contributed by atoms with Gasteiger partial charge in [-0.1, -0.05) is 18.2 Å². The highest BCUT2D eigenvalue weighted by Gasteiger charge is 2.33. The van der Waals surface area contributed by atoms with Crippen LogP contribution < -0.4 is 16.0 Å². The molecule has 8 nitrogen and oxygen atoms in total. The van der Waals surface area contributed by atoms with E-state index < -0.39 is 34.6 Å². The normalized spacial score (nSPS) is 16.5. The van der Waals surface area contributed by atoms with Crippen LogP contribution in [0.5, 0.6) is 0 Å². The number of anilines is 1. The molecule has 1 heterocycles. The fraction of sp³-hybridized carbons (Fsp3) is 0.158. The summed E-state index contributed by atoms with van der Waals surface area (Å²) in [7, 11) is 0. The van der Waals surface area contributed by atoms with Crippen molar-refractivity contribution < 1.29 is 27.7 Å². The molecule has 2 aromatic carbocycles. The molecule has 1 atom stereocenters. The molecule has 0 unspecified atom stereocenters. The fourth-order valence-corrected chi connectivity index (χ4v) is 3.01. The maximum atomic E-state index is 12.9. The lowest BCUT2D eigenvalue weighted by Gasteiger charge is -2.28. The Morgan fingerprint density at radius 1 is 1.17 bits per heavy atom. The first-order valence-electron chi connectivity index (χ1n) is 8.57. The van der Waals surface area contributed by atoms with E-state index in [2.05, 4.69) is 16.0 Å². The molecule has 156 valence electrons. The maximum absolute atomic E-state index is 12.9. The summed E-state index contributed by atoms with van der Waals surface area (Å²) in [5, 5.41) is 18.4. The largest absolute Gasteiger partial charge is 0.416 e. The van der Waals surface area contributed by atoms with E-state index in [4.69, 9.17) is 0 Å². The van der Waals surface area contributed by atoms with E-state index in [9.17, 15) is 32.9 Å². The highest BCUT2D eigenvalue weighted by molar-refractivity contribution is 6.06. The van der Waals surface area contributed by atoms with Crippen LogP contribution in [0, 0.1) is 10.1 Å². The summed E-state index contributed by atoms with van der Waals surface area (Å²) in [5.74, 6) is -0.676. The molecule has 1 aliphatic heterocycles. The molecule has 0 saturated carbocycles. The van der Waals surface area contributed by atoms with Crippen LogP contribution in [0.4, 0.5) is 29.3 Å². The molecule has 3 rings (SSSR count). The molecule has 11 heteroatoms. The second-order valence-corrected chi connectivity index (χ2v) is 6.45. The number of allylic oxidation sites excluding steroid dienone is 1. The van der Waals surface area contributed by atoms with Gasteiger partial charge in [-0.05, 0) is 30.7 Å². The third-order valence-corrected chi connectivity index (χ3v) is 4.40. The average Bonchev–Trinajstić information content (AvgIpc) is 2.66. The van der Waals surface area contributed by atoms with Gasteiger partial charge in [0.15, 0.2) is 0 Å². The number of urea groups is 1. The number of non-ortho nitro benzene ring substituents is 1. The first kappa shape index (κ1) is 20.8. The number of nitro groups is 1. The third-order valence-electron chi connectivity index (χ3n) is 4.40. The van der Waals surface area contributed by atoms with Crippen molar-refractivity contribution in [3.63, 3.8) is 0 Å². The topological polar surface area (TPSA) is 113 Å². The number of benzene rings is 2. The molecule has 2 aromatic rings. The first-order valence-corrected chi connectivity index (χ1v) is 8.57. The van der Waals surface area contributed by atoms with Gasteiger partial charge in [0, 0.05) is 23.5 Å². The van der Waals surface area contributed by atoms with E-state index >= 15 is 0 Å². The number of amides is 3. The zero-order chi connectivity index (χ0) is 22.1. The van der Waals surface area contributed by atoms with Gasteiger partial charge in [0.2, 0.25) is 0 Å². The summed E-state index contributed by atoms with van der Waals surface area (Å²) in [5.41, 5.74) is -0.422. The molecule has 0 spiro atoms. The monoisotopic (exact) mass is 420 g/mol. The van der Waals surface area contributed by atoms with Gasteiger partial charge < -0.3 is 16.0 Å². The zero-order valence-electron chi connectivity index (χ0n) is 15.4. The quantitative estimate of drug-likeness (QED) is 0.515. The van der Waals surface area contributed by atoms with Gasteiger partial charge in [-0.25, -0.2) is 4.79 Å². The second kappa shape index (κ2) is 7.85. The molecule has 0 fully saturated rings. The van der Waals surface area contributed by atoms with Crippen LogP contribution in [0.3, 0.4) is 0 Å². The van der Waals surface area contributed by atoms with Gasteiger partial charge >= 0.3 is 12.2 Å². The summed E-state index contributed by atoms with van der Waals surface area (Å²) in [4.78, 5) is 35.0. The first-order chi connectivity index (χ1) is 14.1. The van der Waals surface area contributed by atoms with Gasteiger partial charge in [-0.15, -0.1) is 0 Å². The van der Waals surface area contributed by atoms with Crippen molar-refractivity contribution in [1.82, 2.24) is 10.6 Å². The highest BCUT2D eigenvalue weighted by atomic mass is 19.4. The number of hydrogen-bond acceptors (Lipinski definition) is 4. The van der Waals surface area contributed by atoms with Crippen molar-refractivity contribution in [1.29, 1.82) is 0 Å². The maximum Gasteiger partial charge on any atom is 0.416 e. The van der Waals surface area contributed by atoms with Gasteiger partial charge in [-0.2, -0.15) is 13.2 Å². The Labute approximate surface area is 167 Å². The molecule has 0 radical (unpaired) electrons. The Balaban J connectivity index is 1.93. The second-order valence-electron chi connectivity index (χ2n) is 6.45. The van der Waals surface area contributed by atoms with E-state index in [0.717, 1.165) is 18.2 Å². The number of halogens is 3. The lowest BCUT2D eigenvalue weighted by molar-refractivity contribution is -0.384. The number of nitro benzene ring substituents is 1. The lowest BCUT2D eigenvalue weighted by Crippen LogP contribution is -2.46. The minimum atomic E-state index is -4.52. The Hall–Kier alpha value is -3.89. The van der Waals surface area contributed by atoms with Gasteiger partial charge in [0.25, 0.3) is 11.6 Å². The summed E-state index contributed by atoms with van der Waals surface area (Å²) in [6.07, 6.45) is -4.52. The Morgan fingerprint density at radius 3 is 2.43 bits per heavy atom. The van der Waals surface area contributed by atoms with E-state index in [1.54, 1.807) is 0 Å². The van der Waals surface area contributed by atoms with Crippen molar-refractivity contribution in [3.8, 4) is 0 Å². The number of rotatable bonds is 4. The van der Waals surface area contributed by atoms with Crippen LogP contribution in [0.2, 0.25) is 0 Å².